The molecular weight excluding hydrogens is 440 g/mol. The standard InChI is InChI=1S/C20H24N4O5S2/c1-28-17-11-18(29-2)23-16(22-17)12-31(26,27)15-9-7-14(8-10-15)21-20(30)24-19(25)13-5-3-4-6-13/h7-11,13H,3-6,12H2,1-2H3,(H2,21,24,25,30). The first-order valence-electron chi connectivity index (χ1n) is 9.71. The van der Waals surface area contributed by atoms with Crippen LogP contribution in [0.5, 0.6) is 11.8 Å². The molecule has 9 nitrogen and oxygen atoms in total. The molecule has 1 aliphatic carbocycles. The van der Waals surface area contributed by atoms with Gasteiger partial charge in [-0.1, -0.05) is 12.8 Å². The van der Waals surface area contributed by atoms with Crippen molar-refractivity contribution in [2.45, 2.75) is 36.3 Å². The predicted molar refractivity (Wildman–Crippen MR) is 119 cm³/mol. The fourth-order valence-corrected chi connectivity index (χ4v) is 4.69. The first-order chi connectivity index (χ1) is 14.8. The molecule has 11 heteroatoms. The fraction of sp³-hybridized carbons (Fsp3) is 0.400. The van der Waals surface area contributed by atoms with Crippen molar-refractivity contribution in [1.29, 1.82) is 0 Å². The zero-order valence-electron chi connectivity index (χ0n) is 17.3. The lowest BCUT2D eigenvalue weighted by Gasteiger charge is -2.13. The smallest absolute Gasteiger partial charge is 0.229 e. The summed E-state index contributed by atoms with van der Waals surface area (Å²) in [4.78, 5) is 20.4. The van der Waals surface area contributed by atoms with Crippen LogP contribution in [0.3, 0.4) is 0 Å². The van der Waals surface area contributed by atoms with E-state index in [0.717, 1.165) is 25.7 Å². The highest BCUT2D eigenvalue weighted by molar-refractivity contribution is 7.90. The number of methoxy groups -OCH3 is 2. The maximum atomic E-state index is 12.8. The molecule has 0 bridgehead atoms. The quantitative estimate of drug-likeness (QED) is 0.596. The van der Waals surface area contributed by atoms with Crippen LogP contribution in [-0.4, -0.2) is 43.6 Å². The summed E-state index contributed by atoms with van der Waals surface area (Å²) in [6.07, 6.45) is 3.87. The summed E-state index contributed by atoms with van der Waals surface area (Å²) in [7, 11) is -0.859. The molecule has 0 aliphatic heterocycles. The number of carbonyl (C=O) groups is 1. The molecule has 3 rings (SSSR count). The van der Waals surface area contributed by atoms with Crippen molar-refractivity contribution in [2.24, 2.45) is 5.92 Å². The monoisotopic (exact) mass is 464 g/mol. The largest absolute Gasteiger partial charge is 0.481 e. The van der Waals surface area contributed by atoms with Crippen molar-refractivity contribution in [2.75, 3.05) is 19.5 Å². The molecule has 1 fully saturated rings. The van der Waals surface area contributed by atoms with Gasteiger partial charge in [0, 0.05) is 11.6 Å². The molecule has 0 spiro atoms. The van der Waals surface area contributed by atoms with E-state index in [1.54, 1.807) is 12.1 Å². The average molecular weight is 465 g/mol. The van der Waals surface area contributed by atoms with Gasteiger partial charge in [-0.25, -0.2) is 8.42 Å². The molecule has 0 atom stereocenters. The van der Waals surface area contributed by atoms with Crippen LogP contribution in [0.4, 0.5) is 5.69 Å². The van der Waals surface area contributed by atoms with Gasteiger partial charge in [0.1, 0.15) is 5.75 Å². The Morgan fingerprint density at radius 1 is 1.10 bits per heavy atom. The summed E-state index contributed by atoms with van der Waals surface area (Å²) in [6, 6.07) is 7.53. The molecule has 1 aromatic carbocycles. The van der Waals surface area contributed by atoms with Gasteiger partial charge in [-0.15, -0.1) is 0 Å². The van der Waals surface area contributed by atoms with E-state index in [1.807, 2.05) is 0 Å². The average Bonchev–Trinajstić information content (AvgIpc) is 3.28. The maximum absolute atomic E-state index is 12.8. The van der Waals surface area contributed by atoms with Gasteiger partial charge in [-0.2, -0.15) is 9.97 Å². The third-order valence-electron chi connectivity index (χ3n) is 4.90. The van der Waals surface area contributed by atoms with Gasteiger partial charge < -0.3 is 20.1 Å². The minimum atomic E-state index is -3.71. The lowest BCUT2D eigenvalue weighted by Crippen LogP contribution is -2.37. The lowest BCUT2D eigenvalue weighted by molar-refractivity contribution is -0.123. The number of benzene rings is 1. The Balaban J connectivity index is 1.64. The van der Waals surface area contributed by atoms with Crippen LogP contribution >= 0.6 is 12.2 Å². The predicted octanol–water partition coefficient (Wildman–Crippen LogP) is 2.47. The number of nitrogens with zero attached hydrogens (tertiary/aromatic N) is 2. The van der Waals surface area contributed by atoms with E-state index in [1.165, 1.54) is 32.4 Å². The minimum absolute atomic E-state index is 0.00437. The summed E-state index contributed by atoms with van der Waals surface area (Å²) < 4.78 is 35.6. The van der Waals surface area contributed by atoms with E-state index in [2.05, 4.69) is 20.6 Å². The second kappa shape index (κ2) is 10.0. The second-order valence-corrected chi connectivity index (χ2v) is 9.47. The highest BCUT2D eigenvalue weighted by Crippen LogP contribution is 2.25. The van der Waals surface area contributed by atoms with Crippen LogP contribution in [-0.2, 0) is 20.4 Å². The van der Waals surface area contributed by atoms with Gasteiger partial charge in [-0.3, -0.25) is 4.79 Å². The number of hydrogen-bond donors (Lipinski definition) is 2. The van der Waals surface area contributed by atoms with Gasteiger partial charge in [-0.05, 0) is 49.3 Å². The number of thiocarbonyl (C=S) groups is 1. The summed E-state index contributed by atoms with van der Waals surface area (Å²) in [5, 5.41) is 5.78. The van der Waals surface area contributed by atoms with Crippen LogP contribution in [0.2, 0.25) is 0 Å². The third-order valence-corrected chi connectivity index (χ3v) is 6.73. The van der Waals surface area contributed by atoms with Crippen molar-refractivity contribution in [3.05, 3.63) is 36.2 Å². The van der Waals surface area contributed by atoms with Gasteiger partial charge in [0.05, 0.1) is 25.2 Å². The summed E-state index contributed by atoms with van der Waals surface area (Å²) >= 11 is 5.19. The Morgan fingerprint density at radius 3 is 2.23 bits per heavy atom. The fourth-order valence-electron chi connectivity index (χ4n) is 3.29. The Hall–Kier alpha value is -2.79. The summed E-state index contributed by atoms with van der Waals surface area (Å²) in [5.74, 6) is -0.000198. The molecule has 31 heavy (non-hydrogen) atoms. The van der Waals surface area contributed by atoms with Crippen molar-refractivity contribution >= 4 is 38.8 Å². The Kier molecular flexibility index (Phi) is 7.39. The van der Waals surface area contributed by atoms with E-state index >= 15 is 0 Å². The van der Waals surface area contributed by atoms with Crippen LogP contribution in [0, 0.1) is 5.92 Å². The van der Waals surface area contributed by atoms with Crippen LogP contribution in [0.15, 0.2) is 35.2 Å². The van der Waals surface area contributed by atoms with Crippen molar-refractivity contribution in [1.82, 2.24) is 15.3 Å². The Morgan fingerprint density at radius 2 is 1.68 bits per heavy atom. The molecule has 2 aromatic rings. The lowest BCUT2D eigenvalue weighted by atomic mass is 10.1. The zero-order chi connectivity index (χ0) is 22.4. The minimum Gasteiger partial charge on any atom is -0.481 e. The summed E-state index contributed by atoms with van der Waals surface area (Å²) in [5.41, 5.74) is 0.565. The van der Waals surface area contributed by atoms with E-state index in [0.29, 0.717) is 5.69 Å². The molecule has 1 aromatic heterocycles. The van der Waals surface area contributed by atoms with Crippen molar-refractivity contribution < 1.29 is 22.7 Å². The number of ether oxygens (including phenoxy) is 2. The highest BCUT2D eigenvalue weighted by atomic mass is 32.2. The molecule has 1 amide bonds. The molecular formula is C20H24N4O5S2. The zero-order valence-corrected chi connectivity index (χ0v) is 18.9. The topological polar surface area (TPSA) is 120 Å². The van der Waals surface area contributed by atoms with Crippen molar-refractivity contribution in [3.63, 3.8) is 0 Å². The van der Waals surface area contributed by atoms with Crippen LogP contribution < -0.4 is 20.1 Å². The molecule has 166 valence electrons. The highest BCUT2D eigenvalue weighted by Gasteiger charge is 2.23. The number of anilines is 1. The molecule has 2 N–H and O–H groups in total. The van der Waals surface area contributed by atoms with Gasteiger partial charge in [0.25, 0.3) is 0 Å². The van der Waals surface area contributed by atoms with E-state index < -0.39 is 15.6 Å². The van der Waals surface area contributed by atoms with Crippen LogP contribution in [0.1, 0.15) is 31.5 Å². The Labute approximate surface area is 186 Å². The third kappa shape index (κ3) is 6.11. The molecule has 1 heterocycles. The molecule has 1 saturated carbocycles. The van der Waals surface area contributed by atoms with Gasteiger partial charge in [0.2, 0.25) is 17.7 Å². The second-order valence-electron chi connectivity index (χ2n) is 7.08. The number of carbonyl (C=O) groups excluding carboxylic acids is 1. The molecule has 1 aliphatic rings. The number of nitrogens with one attached hydrogen (secondary N) is 2. The molecule has 0 saturated heterocycles. The number of hydrogen-bond acceptors (Lipinski definition) is 8. The number of aromatic nitrogens is 2. The summed E-state index contributed by atoms with van der Waals surface area (Å²) in [6.45, 7) is 0. The van der Waals surface area contributed by atoms with E-state index in [9.17, 15) is 13.2 Å². The first-order valence-corrected chi connectivity index (χ1v) is 11.8. The van der Waals surface area contributed by atoms with E-state index in [4.69, 9.17) is 21.7 Å². The van der Waals surface area contributed by atoms with Crippen LogP contribution in [0.25, 0.3) is 0 Å². The Bertz CT molecular complexity index is 1030. The molecule has 0 radical (unpaired) electrons. The van der Waals surface area contributed by atoms with Crippen molar-refractivity contribution in [3.8, 4) is 11.8 Å². The number of amides is 1. The van der Waals surface area contributed by atoms with Gasteiger partial charge >= 0.3 is 0 Å². The number of rotatable bonds is 7. The molecule has 0 unspecified atom stereocenters. The first kappa shape index (κ1) is 22.9. The SMILES string of the molecule is COc1cc(OC)nc(CS(=O)(=O)c2ccc(NC(=S)NC(=O)C3CCCC3)cc2)n1. The van der Waals surface area contributed by atoms with Gasteiger partial charge in [0.15, 0.2) is 20.8 Å². The maximum Gasteiger partial charge on any atom is 0.229 e. The number of sulfone groups is 1. The van der Waals surface area contributed by atoms with E-state index in [-0.39, 0.29) is 39.4 Å². The normalized spacial score (nSPS) is 14.1.